The summed E-state index contributed by atoms with van der Waals surface area (Å²) in [6, 6.07) is 3.58. The average Bonchev–Trinajstić information content (AvgIpc) is 3.13. The molecule has 0 unspecified atom stereocenters. The number of amidine groups is 1. The molecule has 0 aromatic heterocycles. The summed E-state index contributed by atoms with van der Waals surface area (Å²) in [5.41, 5.74) is -1.26. The Bertz CT molecular complexity index is 1220. The van der Waals surface area contributed by atoms with E-state index in [1.807, 2.05) is 0 Å². The first-order valence-corrected chi connectivity index (χ1v) is 11.1. The van der Waals surface area contributed by atoms with Crippen LogP contribution in [-0.4, -0.2) is 66.7 Å². The van der Waals surface area contributed by atoms with Gasteiger partial charge in [-0.1, -0.05) is 12.1 Å². The number of hydrogen-bond donors (Lipinski definition) is 2. The zero-order valence-electron chi connectivity index (χ0n) is 20.4. The van der Waals surface area contributed by atoms with Crippen LogP contribution in [0.5, 0.6) is 0 Å². The van der Waals surface area contributed by atoms with Gasteiger partial charge in [0.15, 0.2) is 5.84 Å². The lowest BCUT2D eigenvalue weighted by atomic mass is 9.82. The zero-order chi connectivity index (χ0) is 27.5. The second kappa shape index (κ2) is 10.7. The Morgan fingerprint density at radius 3 is 2.51 bits per heavy atom. The van der Waals surface area contributed by atoms with E-state index < -0.39 is 60.6 Å². The highest BCUT2D eigenvalue weighted by Gasteiger charge is 2.50. The number of ether oxygens (including phenoxy) is 1. The average molecular weight is 522 g/mol. The second-order valence-electron chi connectivity index (χ2n) is 8.79. The Labute approximate surface area is 210 Å². The molecule has 2 heterocycles. The van der Waals surface area contributed by atoms with Crippen LogP contribution in [0.1, 0.15) is 25.8 Å². The third-order valence-electron chi connectivity index (χ3n) is 6.09. The van der Waals surface area contributed by atoms with Crippen LogP contribution in [0, 0.1) is 5.82 Å². The molecule has 1 fully saturated rings. The molecular weight excluding hydrogens is 496 g/mol. The SMILES string of the molecule is C=N/C(=C\C=C(/C)F)C1=N[C@@](C)(c2ccc(F)cc2)C(C(=O)OC)=C(CN2CC(F)(F)C[C@H]2C(=O)O)N1. The molecule has 1 aromatic carbocycles. The van der Waals surface area contributed by atoms with Gasteiger partial charge in [-0.15, -0.1) is 0 Å². The fourth-order valence-corrected chi connectivity index (χ4v) is 4.35. The molecule has 2 aliphatic rings. The number of rotatable bonds is 8. The Morgan fingerprint density at radius 1 is 1.32 bits per heavy atom. The van der Waals surface area contributed by atoms with Crippen molar-refractivity contribution in [2.24, 2.45) is 9.98 Å². The molecule has 198 valence electrons. The Morgan fingerprint density at radius 2 is 1.97 bits per heavy atom. The van der Waals surface area contributed by atoms with Gasteiger partial charge in [0.1, 0.15) is 23.1 Å². The van der Waals surface area contributed by atoms with E-state index in [0.29, 0.717) is 5.56 Å². The minimum Gasteiger partial charge on any atom is -0.480 e. The van der Waals surface area contributed by atoms with Gasteiger partial charge in [-0.25, -0.2) is 27.3 Å². The number of carboxylic acids is 1. The second-order valence-corrected chi connectivity index (χ2v) is 8.79. The first-order chi connectivity index (χ1) is 17.3. The quantitative estimate of drug-likeness (QED) is 0.234. The first kappa shape index (κ1) is 27.8. The third kappa shape index (κ3) is 5.96. The van der Waals surface area contributed by atoms with Gasteiger partial charge in [-0.05, 0) is 50.4 Å². The van der Waals surface area contributed by atoms with Crippen LogP contribution in [0.3, 0.4) is 0 Å². The number of methoxy groups -OCH3 is 1. The number of benzene rings is 1. The summed E-state index contributed by atoms with van der Waals surface area (Å²) >= 11 is 0. The van der Waals surface area contributed by atoms with E-state index in [1.165, 1.54) is 32.1 Å². The molecule has 0 bridgehead atoms. The normalized spacial score (nSPS) is 24.4. The fourth-order valence-electron chi connectivity index (χ4n) is 4.35. The van der Waals surface area contributed by atoms with Crippen LogP contribution in [0.2, 0.25) is 0 Å². The van der Waals surface area contributed by atoms with Gasteiger partial charge < -0.3 is 15.2 Å². The fraction of sp³-hybridized carbons (Fsp3) is 0.360. The monoisotopic (exact) mass is 522 g/mol. The number of carbonyl (C=O) groups excluding carboxylic acids is 1. The summed E-state index contributed by atoms with van der Waals surface area (Å²) in [4.78, 5) is 34.3. The highest BCUT2D eigenvalue weighted by Crippen LogP contribution is 2.40. The molecule has 0 amide bonds. The minimum absolute atomic E-state index is 0.000176. The van der Waals surface area contributed by atoms with Crippen molar-refractivity contribution in [1.82, 2.24) is 10.2 Å². The molecule has 0 spiro atoms. The summed E-state index contributed by atoms with van der Waals surface area (Å²) in [5, 5.41) is 12.4. The van der Waals surface area contributed by atoms with Crippen molar-refractivity contribution in [3.8, 4) is 0 Å². The molecule has 0 saturated carbocycles. The lowest BCUT2D eigenvalue weighted by molar-refractivity contribution is -0.142. The van der Waals surface area contributed by atoms with Gasteiger partial charge in [0.2, 0.25) is 0 Å². The lowest BCUT2D eigenvalue weighted by Crippen LogP contribution is -2.47. The van der Waals surface area contributed by atoms with E-state index in [4.69, 9.17) is 4.74 Å². The van der Waals surface area contributed by atoms with Gasteiger partial charge in [0.25, 0.3) is 5.92 Å². The minimum atomic E-state index is -3.27. The molecule has 8 nitrogen and oxygen atoms in total. The number of carboxylic acid groups (broad SMARTS) is 1. The molecule has 1 saturated heterocycles. The van der Waals surface area contributed by atoms with E-state index >= 15 is 0 Å². The predicted molar refractivity (Wildman–Crippen MR) is 128 cm³/mol. The van der Waals surface area contributed by atoms with Crippen molar-refractivity contribution in [3.05, 3.63) is 70.6 Å². The number of aliphatic carboxylic acids is 1. The van der Waals surface area contributed by atoms with Crippen molar-refractivity contribution >= 4 is 24.5 Å². The topological polar surface area (TPSA) is 104 Å². The summed E-state index contributed by atoms with van der Waals surface area (Å²) in [5.74, 6) is -6.67. The standard InChI is InChI=1S/C25H26F4N4O4/c1-14(26)5-10-17(30-3)21-31-18(12-33-13-25(28,29)11-19(33)22(34)35)20(23(36)37-4)24(2,32-21)15-6-8-16(27)9-7-15/h5-10,19H,3,11-13H2,1-2,4H3,(H,31,32)(H,34,35)/b14-5+,17-10-/t19-,24-/m0/s1. The Balaban J connectivity index is 2.24. The van der Waals surface area contributed by atoms with Crippen molar-refractivity contribution in [1.29, 1.82) is 0 Å². The zero-order valence-corrected chi connectivity index (χ0v) is 20.4. The van der Waals surface area contributed by atoms with Crippen LogP contribution in [0.25, 0.3) is 0 Å². The number of carbonyl (C=O) groups is 2. The predicted octanol–water partition coefficient (Wildman–Crippen LogP) is 3.72. The summed E-state index contributed by atoms with van der Waals surface area (Å²) in [7, 11) is 1.12. The number of esters is 1. The van der Waals surface area contributed by atoms with E-state index in [-0.39, 0.29) is 22.8 Å². The number of nitrogens with one attached hydrogen (secondary N) is 1. The lowest BCUT2D eigenvalue weighted by Gasteiger charge is -2.36. The Kier molecular flexibility index (Phi) is 8.01. The van der Waals surface area contributed by atoms with Crippen LogP contribution in [-0.2, 0) is 19.9 Å². The summed E-state index contributed by atoms with van der Waals surface area (Å²) in [6.45, 7) is 4.91. The number of hydrogen-bond acceptors (Lipinski definition) is 7. The van der Waals surface area contributed by atoms with Gasteiger partial charge >= 0.3 is 11.9 Å². The number of halogens is 4. The summed E-state index contributed by atoms with van der Waals surface area (Å²) in [6.07, 6.45) is 1.47. The van der Waals surface area contributed by atoms with Crippen LogP contribution >= 0.6 is 0 Å². The van der Waals surface area contributed by atoms with Crippen LogP contribution in [0.4, 0.5) is 17.6 Å². The molecule has 0 radical (unpaired) electrons. The Hall–Kier alpha value is -3.80. The van der Waals surface area contributed by atoms with Crippen LogP contribution < -0.4 is 5.32 Å². The highest BCUT2D eigenvalue weighted by atomic mass is 19.3. The highest BCUT2D eigenvalue weighted by molar-refractivity contribution is 6.04. The molecule has 2 atom stereocenters. The third-order valence-corrected chi connectivity index (χ3v) is 6.09. The molecule has 0 aliphatic carbocycles. The van der Waals surface area contributed by atoms with Gasteiger partial charge in [-0.3, -0.25) is 14.7 Å². The smallest absolute Gasteiger partial charge is 0.338 e. The van der Waals surface area contributed by atoms with Gasteiger partial charge in [-0.2, -0.15) is 0 Å². The number of aliphatic imine (C=N–C) groups is 2. The van der Waals surface area contributed by atoms with E-state index in [9.17, 15) is 32.3 Å². The molecule has 12 heteroatoms. The van der Waals surface area contributed by atoms with Crippen molar-refractivity contribution in [2.45, 2.75) is 37.8 Å². The number of allylic oxidation sites excluding steroid dienone is 3. The molecule has 2 aliphatic heterocycles. The molecular formula is C25H26F4N4O4. The van der Waals surface area contributed by atoms with E-state index in [2.05, 4.69) is 22.0 Å². The summed E-state index contributed by atoms with van der Waals surface area (Å²) < 4.78 is 60.5. The van der Waals surface area contributed by atoms with Crippen molar-refractivity contribution < 1.29 is 37.0 Å². The van der Waals surface area contributed by atoms with Gasteiger partial charge in [0.05, 0.1) is 25.1 Å². The maximum atomic E-state index is 14.2. The van der Waals surface area contributed by atoms with Crippen molar-refractivity contribution in [3.63, 3.8) is 0 Å². The van der Waals surface area contributed by atoms with Gasteiger partial charge in [0, 0.05) is 18.7 Å². The number of alkyl halides is 2. The molecule has 2 N–H and O–H groups in total. The largest absolute Gasteiger partial charge is 0.480 e. The molecule has 37 heavy (non-hydrogen) atoms. The maximum absolute atomic E-state index is 14.2. The van der Waals surface area contributed by atoms with Crippen LogP contribution in [0.15, 0.2) is 69.2 Å². The molecule has 3 rings (SSSR count). The van der Waals surface area contributed by atoms with E-state index in [1.54, 1.807) is 0 Å². The molecule has 1 aromatic rings. The first-order valence-electron chi connectivity index (χ1n) is 11.1. The maximum Gasteiger partial charge on any atom is 0.338 e. The number of nitrogens with zero attached hydrogens (tertiary/aromatic N) is 3. The van der Waals surface area contributed by atoms with E-state index in [0.717, 1.165) is 30.2 Å². The van der Waals surface area contributed by atoms with Crippen molar-refractivity contribution in [2.75, 3.05) is 20.2 Å². The number of likely N-dealkylation sites (tertiary alicyclic amines) is 1.